The van der Waals surface area contributed by atoms with E-state index in [1.165, 1.54) is 16.6 Å². The third-order valence-corrected chi connectivity index (χ3v) is 7.71. The molecule has 1 saturated heterocycles. The quantitative estimate of drug-likeness (QED) is 0.667. The van der Waals surface area contributed by atoms with Crippen LogP contribution in [0.1, 0.15) is 24.5 Å². The summed E-state index contributed by atoms with van der Waals surface area (Å²) in [5, 5.41) is 1.51. The maximum Gasteiger partial charge on any atom is 0.244 e. The van der Waals surface area contributed by atoms with E-state index in [0.29, 0.717) is 19.0 Å². The average Bonchev–Trinajstić information content (AvgIpc) is 2.99. The van der Waals surface area contributed by atoms with Crippen LogP contribution >= 0.6 is 11.6 Å². The summed E-state index contributed by atoms with van der Waals surface area (Å²) in [5.74, 6) is 0.366. The lowest BCUT2D eigenvalue weighted by atomic mass is 9.94. The number of para-hydroxylation sites is 1. The second-order valence-electron chi connectivity index (χ2n) is 6.80. The molecular formula is C20H21ClN2O2S. The maximum absolute atomic E-state index is 12.9. The van der Waals surface area contributed by atoms with Crippen LogP contribution in [0.5, 0.6) is 0 Å². The first-order chi connectivity index (χ1) is 12.5. The smallest absolute Gasteiger partial charge is 0.244 e. The number of aryl methyl sites for hydroxylation is 1. The van der Waals surface area contributed by atoms with Crippen LogP contribution in [0.2, 0.25) is 5.02 Å². The molecule has 0 bridgehead atoms. The standard InChI is InChI=1S/C20H21ClN2O2S/c1-22-18-8-4-2-6-16(18)14-19(22)15-10-12-23(13-11-15)26(24,25)20-9-5-3-7-17(20)21/h2-9,14-15H,10-13H2,1H3. The molecule has 0 atom stereocenters. The van der Waals surface area contributed by atoms with Crippen LogP contribution in [0.15, 0.2) is 59.5 Å². The molecule has 1 aliphatic heterocycles. The Hall–Kier alpha value is -1.82. The van der Waals surface area contributed by atoms with E-state index >= 15 is 0 Å². The first-order valence-corrected chi connectivity index (χ1v) is 10.6. The van der Waals surface area contributed by atoms with Gasteiger partial charge in [0, 0.05) is 37.3 Å². The highest BCUT2D eigenvalue weighted by atomic mass is 35.5. The first kappa shape index (κ1) is 17.6. The average molecular weight is 389 g/mol. The molecule has 1 fully saturated rings. The summed E-state index contributed by atoms with van der Waals surface area (Å²) < 4.78 is 29.6. The van der Waals surface area contributed by atoms with E-state index in [4.69, 9.17) is 11.6 Å². The molecule has 136 valence electrons. The summed E-state index contributed by atoms with van der Waals surface area (Å²) in [7, 11) is -1.45. The highest BCUT2D eigenvalue weighted by molar-refractivity contribution is 7.89. The summed E-state index contributed by atoms with van der Waals surface area (Å²) >= 11 is 6.11. The molecule has 2 aromatic carbocycles. The van der Waals surface area contributed by atoms with Gasteiger partial charge < -0.3 is 4.57 Å². The number of rotatable bonds is 3. The van der Waals surface area contributed by atoms with Crippen molar-refractivity contribution in [3.8, 4) is 0 Å². The number of nitrogens with zero attached hydrogens (tertiary/aromatic N) is 2. The minimum absolute atomic E-state index is 0.199. The highest BCUT2D eigenvalue weighted by Crippen LogP contribution is 2.34. The molecule has 0 amide bonds. The van der Waals surface area contributed by atoms with Crippen LogP contribution in [0.25, 0.3) is 10.9 Å². The van der Waals surface area contributed by atoms with Crippen molar-refractivity contribution in [1.82, 2.24) is 8.87 Å². The predicted molar refractivity (Wildman–Crippen MR) is 105 cm³/mol. The van der Waals surface area contributed by atoms with Gasteiger partial charge in [-0.2, -0.15) is 4.31 Å². The molecule has 2 heterocycles. The second kappa shape index (κ2) is 6.72. The number of hydrogen-bond acceptors (Lipinski definition) is 2. The largest absolute Gasteiger partial charge is 0.347 e. The zero-order valence-corrected chi connectivity index (χ0v) is 16.2. The van der Waals surface area contributed by atoms with E-state index in [1.54, 1.807) is 28.6 Å². The van der Waals surface area contributed by atoms with Crippen molar-refractivity contribution in [2.45, 2.75) is 23.7 Å². The zero-order chi connectivity index (χ0) is 18.3. The molecule has 0 saturated carbocycles. The van der Waals surface area contributed by atoms with E-state index < -0.39 is 10.0 Å². The number of hydrogen-bond donors (Lipinski definition) is 0. The van der Waals surface area contributed by atoms with E-state index in [-0.39, 0.29) is 9.92 Å². The zero-order valence-electron chi connectivity index (χ0n) is 14.6. The number of benzene rings is 2. The molecule has 1 aromatic heterocycles. The molecule has 26 heavy (non-hydrogen) atoms. The van der Waals surface area contributed by atoms with Crippen molar-refractivity contribution in [2.24, 2.45) is 7.05 Å². The van der Waals surface area contributed by atoms with Crippen LogP contribution in [-0.4, -0.2) is 30.4 Å². The number of aromatic nitrogens is 1. The molecule has 6 heteroatoms. The minimum Gasteiger partial charge on any atom is -0.347 e. The minimum atomic E-state index is -3.54. The van der Waals surface area contributed by atoms with Gasteiger partial charge >= 0.3 is 0 Å². The van der Waals surface area contributed by atoms with E-state index in [2.05, 4.69) is 29.8 Å². The van der Waals surface area contributed by atoms with Crippen LogP contribution in [0, 0.1) is 0 Å². The number of sulfonamides is 1. The number of halogens is 1. The van der Waals surface area contributed by atoms with Gasteiger partial charge in [0.1, 0.15) is 4.90 Å². The SMILES string of the molecule is Cn1c(C2CCN(S(=O)(=O)c3ccccc3Cl)CC2)cc2ccccc21. The lowest BCUT2D eigenvalue weighted by Crippen LogP contribution is -2.38. The van der Waals surface area contributed by atoms with Crippen molar-refractivity contribution in [3.05, 3.63) is 65.3 Å². The van der Waals surface area contributed by atoms with Gasteiger partial charge in [-0.15, -0.1) is 0 Å². The third-order valence-electron chi connectivity index (χ3n) is 5.32. The van der Waals surface area contributed by atoms with E-state index in [9.17, 15) is 8.42 Å². The first-order valence-electron chi connectivity index (χ1n) is 8.77. The Labute approximate surface area is 159 Å². The summed E-state index contributed by atoms with van der Waals surface area (Å²) in [4.78, 5) is 0.199. The van der Waals surface area contributed by atoms with Crippen LogP contribution in [0.3, 0.4) is 0 Å². The van der Waals surface area contributed by atoms with Gasteiger partial charge in [-0.05, 0) is 42.5 Å². The van der Waals surface area contributed by atoms with Crippen molar-refractivity contribution in [3.63, 3.8) is 0 Å². The summed E-state index contributed by atoms with van der Waals surface area (Å²) in [5.41, 5.74) is 2.50. The fourth-order valence-corrected chi connectivity index (χ4v) is 5.85. The van der Waals surface area contributed by atoms with Gasteiger partial charge in [0.15, 0.2) is 0 Å². The van der Waals surface area contributed by atoms with Gasteiger partial charge in [-0.25, -0.2) is 8.42 Å². The Morgan fingerprint density at radius 2 is 1.65 bits per heavy atom. The predicted octanol–water partition coefficient (Wildman–Crippen LogP) is 4.40. The molecule has 4 rings (SSSR count). The topological polar surface area (TPSA) is 42.3 Å². The fourth-order valence-electron chi connectivity index (χ4n) is 3.89. The van der Waals surface area contributed by atoms with Crippen molar-refractivity contribution >= 4 is 32.5 Å². The Kier molecular flexibility index (Phi) is 4.55. The summed E-state index contributed by atoms with van der Waals surface area (Å²) in [6.45, 7) is 1.03. The Morgan fingerprint density at radius 1 is 1.00 bits per heavy atom. The molecule has 4 nitrogen and oxygen atoms in total. The number of piperidine rings is 1. The molecular weight excluding hydrogens is 368 g/mol. The molecule has 1 aliphatic rings. The summed E-state index contributed by atoms with van der Waals surface area (Å²) in [6.07, 6.45) is 1.63. The van der Waals surface area contributed by atoms with Crippen LogP contribution in [0.4, 0.5) is 0 Å². The van der Waals surface area contributed by atoms with Gasteiger partial charge in [0.25, 0.3) is 0 Å². The normalized spacial score (nSPS) is 17.0. The second-order valence-corrected chi connectivity index (χ2v) is 9.11. The number of fused-ring (bicyclic) bond motifs is 1. The molecule has 0 spiro atoms. The van der Waals surface area contributed by atoms with Gasteiger partial charge in [-0.3, -0.25) is 0 Å². The van der Waals surface area contributed by atoms with Gasteiger partial charge in [0.05, 0.1) is 5.02 Å². The lowest BCUT2D eigenvalue weighted by molar-refractivity contribution is 0.314. The molecule has 0 unspecified atom stereocenters. The third kappa shape index (κ3) is 2.94. The Bertz CT molecular complexity index is 1050. The monoisotopic (exact) mass is 388 g/mol. The Morgan fingerprint density at radius 3 is 2.35 bits per heavy atom. The van der Waals surface area contributed by atoms with Gasteiger partial charge in [-0.1, -0.05) is 41.9 Å². The maximum atomic E-state index is 12.9. The molecule has 0 radical (unpaired) electrons. The molecule has 0 N–H and O–H groups in total. The Balaban J connectivity index is 1.55. The van der Waals surface area contributed by atoms with Crippen molar-refractivity contribution in [1.29, 1.82) is 0 Å². The molecule has 3 aromatic rings. The summed E-state index contributed by atoms with van der Waals surface area (Å²) in [6, 6.07) is 17.2. The van der Waals surface area contributed by atoms with Crippen molar-refractivity contribution in [2.75, 3.05) is 13.1 Å². The lowest BCUT2D eigenvalue weighted by Gasteiger charge is -2.31. The van der Waals surface area contributed by atoms with Crippen molar-refractivity contribution < 1.29 is 8.42 Å². The molecule has 0 aliphatic carbocycles. The highest BCUT2D eigenvalue weighted by Gasteiger charge is 2.32. The van der Waals surface area contributed by atoms with E-state index in [1.807, 2.05) is 12.1 Å². The fraction of sp³-hybridized carbons (Fsp3) is 0.300. The van der Waals surface area contributed by atoms with Gasteiger partial charge in [0.2, 0.25) is 10.0 Å². The van der Waals surface area contributed by atoms with E-state index in [0.717, 1.165) is 12.8 Å². The van der Waals surface area contributed by atoms with Crippen LogP contribution < -0.4 is 0 Å². The van der Waals surface area contributed by atoms with Crippen LogP contribution in [-0.2, 0) is 17.1 Å².